The van der Waals surface area contributed by atoms with Crippen LogP contribution in [-0.2, 0) is 26.1 Å². The fourth-order valence-electron chi connectivity index (χ4n) is 1.57. The van der Waals surface area contributed by atoms with Crippen LogP contribution in [0.25, 0.3) is 0 Å². The summed E-state index contributed by atoms with van der Waals surface area (Å²) < 4.78 is 27.8. The first kappa shape index (κ1) is 17.4. The van der Waals surface area contributed by atoms with Gasteiger partial charge in [-0.05, 0) is 31.0 Å². The summed E-state index contributed by atoms with van der Waals surface area (Å²) in [6.07, 6.45) is 1.81. The van der Waals surface area contributed by atoms with E-state index in [1.807, 2.05) is 0 Å². The number of rotatable bonds is 8. The van der Waals surface area contributed by atoms with Gasteiger partial charge in [-0.25, -0.2) is 13.6 Å². The molecular weight excluding hydrogens is 292 g/mol. The summed E-state index contributed by atoms with van der Waals surface area (Å²) in [7, 11) is -3.74. The Kier molecular flexibility index (Phi) is 6.54. The predicted octanol–water partition coefficient (Wildman–Crippen LogP) is 0.931. The van der Waals surface area contributed by atoms with Gasteiger partial charge in [0.1, 0.15) is 6.10 Å². The van der Waals surface area contributed by atoms with E-state index in [4.69, 9.17) is 9.88 Å². The van der Waals surface area contributed by atoms with Crippen molar-refractivity contribution in [2.24, 2.45) is 5.14 Å². The molecule has 0 fully saturated rings. The van der Waals surface area contributed by atoms with Crippen molar-refractivity contribution in [3.63, 3.8) is 0 Å². The molecule has 1 aromatic rings. The van der Waals surface area contributed by atoms with Crippen molar-refractivity contribution in [1.29, 1.82) is 0 Å². The Morgan fingerprint density at radius 2 is 2.24 bits per heavy atom. The first-order chi connectivity index (χ1) is 9.84. The van der Waals surface area contributed by atoms with Crippen molar-refractivity contribution in [3.8, 4) is 0 Å². The lowest BCUT2D eigenvalue weighted by atomic mass is 10.2. The molecule has 0 spiro atoms. The van der Waals surface area contributed by atoms with Gasteiger partial charge in [-0.3, -0.25) is 4.79 Å². The van der Waals surface area contributed by atoms with Gasteiger partial charge in [0.05, 0.1) is 11.5 Å². The first-order valence-electron chi connectivity index (χ1n) is 6.46. The lowest BCUT2D eigenvalue weighted by Crippen LogP contribution is -2.34. The maximum Gasteiger partial charge on any atom is 0.249 e. The van der Waals surface area contributed by atoms with Gasteiger partial charge in [-0.2, -0.15) is 0 Å². The molecule has 3 N–H and O–H groups in total. The molecule has 0 aromatic heterocycles. The predicted molar refractivity (Wildman–Crippen MR) is 79.9 cm³/mol. The van der Waals surface area contributed by atoms with Crippen molar-refractivity contribution in [2.75, 3.05) is 6.61 Å². The van der Waals surface area contributed by atoms with Gasteiger partial charge < -0.3 is 10.1 Å². The van der Waals surface area contributed by atoms with Crippen LogP contribution in [0, 0.1) is 0 Å². The second-order valence-corrected chi connectivity index (χ2v) is 6.06. The van der Waals surface area contributed by atoms with Crippen LogP contribution in [0.5, 0.6) is 0 Å². The van der Waals surface area contributed by atoms with Crippen molar-refractivity contribution in [1.82, 2.24) is 5.32 Å². The van der Waals surface area contributed by atoms with E-state index in [9.17, 15) is 13.2 Å². The van der Waals surface area contributed by atoms with Crippen LogP contribution >= 0.6 is 0 Å². The molecule has 6 nitrogen and oxygen atoms in total. The smallest absolute Gasteiger partial charge is 0.249 e. The van der Waals surface area contributed by atoms with Crippen LogP contribution in [-0.4, -0.2) is 27.0 Å². The van der Waals surface area contributed by atoms with Gasteiger partial charge in [-0.15, -0.1) is 6.58 Å². The summed E-state index contributed by atoms with van der Waals surface area (Å²) in [6, 6.07) is 6.12. The van der Waals surface area contributed by atoms with E-state index in [0.717, 1.165) is 0 Å². The van der Waals surface area contributed by atoms with Crippen molar-refractivity contribution in [2.45, 2.75) is 30.9 Å². The number of nitrogens with one attached hydrogen (secondary N) is 1. The van der Waals surface area contributed by atoms with E-state index in [-0.39, 0.29) is 17.3 Å². The number of ether oxygens (including phenoxy) is 1. The van der Waals surface area contributed by atoms with E-state index in [1.165, 1.54) is 12.1 Å². The molecule has 1 atom stereocenters. The molecule has 21 heavy (non-hydrogen) atoms. The van der Waals surface area contributed by atoms with Crippen LogP contribution in [0.15, 0.2) is 41.8 Å². The summed E-state index contributed by atoms with van der Waals surface area (Å²) in [4.78, 5) is 11.8. The Hall–Kier alpha value is -1.70. The van der Waals surface area contributed by atoms with Crippen LogP contribution in [0.3, 0.4) is 0 Å². The quantitative estimate of drug-likeness (QED) is 0.551. The van der Waals surface area contributed by atoms with Crippen molar-refractivity contribution in [3.05, 3.63) is 42.5 Å². The number of benzene rings is 1. The summed E-state index contributed by atoms with van der Waals surface area (Å²) in [5.74, 6) is -0.264. The number of nitrogens with two attached hydrogens (primary N) is 1. The molecule has 1 aromatic carbocycles. The van der Waals surface area contributed by atoms with Crippen molar-refractivity contribution < 1.29 is 17.9 Å². The minimum atomic E-state index is -3.74. The third-order valence-electron chi connectivity index (χ3n) is 2.75. The number of hydrogen-bond donors (Lipinski definition) is 2. The van der Waals surface area contributed by atoms with Crippen LogP contribution in [0.1, 0.15) is 18.9 Å². The van der Waals surface area contributed by atoms with Gasteiger partial charge in [0, 0.05) is 6.54 Å². The maximum absolute atomic E-state index is 11.8. The van der Waals surface area contributed by atoms with Gasteiger partial charge in [0.15, 0.2) is 0 Å². The molecule has 7 heteroatoms. The normalized spacial score (nSPS) is 12.7. The number of hydrogen-bond acceptors (Lipinski definition) is 4. The average Bonchev–Trinajstić information content (AvgIpc) is 2.44. The zero-order valence-corrected chi connectivity index (χ0v) is 12.7. The monoisotopic (exact) mass is 312 g/mol. The number of sulfonamides is 1. The van der Waals surface area contributed by atoms with E-state index in [2.05, 4.69) is 11.9 Å². The first-order valence-corrected chi connectivity index (χ1v) is 8.01. The topological polar surface area (TPSA) is 98.5 Å². The number of primary sulfonamides is 1. The SMILES string of the molecule is C=CCCOC(C)C(=O)NCc1cccc(S(N)(=O)=O)c1. The Morgan fingerprint density at radius 3 is 2.86 bits per heavy atom. The minimum absolute atomic E-state index is 0.0181. The summed E-state index contributed by atoms with van der Waals surface area (Å²) >= 11 is 0. The van der Waals surface area contributed by atoms with Gasteiger partial charge in [0.25, 0.3) is 0 Å². The van der Waals surface area contributed by atoms with Crippen LogP contribution < -0.4 is 10.5 Å². The minimum Gasteiger partial charge on any atom is -0.368 e. The highest BCUT2D eigenvalue weighted by atomic mass is 32.2. The zero-order chi connectivity index (χ0) is 15.9. The molecule has 0 saturated heterocycles. The second-order valence-electron chi connectivity index (χ2n) is 4.50. The standard InChI is InChI=1S/C14H20N2O4S/c1-3-4-8-20-11(2)14(17)16-10-12-6-5-7-13(9-12)21(15,18)19/h3,5-7,9,11H,1,4,8,10H2,2H3,(H,16,17)(H2,15,18,19). The Balaban J connectivity index is 2.55. The largest absolute Gasteiger partial charge is 0.368 e. The van der Waals surface area contributed by atoms with Crippen molar-refractivity contribution >= 4 is 15.9 Å². The molecule has 0 heterocycles. The second kappa shape index (κ2) is 7.92. The van der Waals surface area contributed by atoms with E-state index < -0.39 is 16.1 Å². The Bertz CT molecular complexity index is 599. The summed E-state index contributed by atoms with van der Waals surface area (Å²) in [6.45, 7) is 5.85. The van der Waals surface area contributed by atoms with E-state index in [0.29, 0.717) is 18.6 Å². The summed E-state index contributed by atoms with van der Waals surface area (Å²) in [5, 5.41) is 7.73. The Morgan fingerprint density at radius 1 is 1.52 bits per heavy atom. The lowest BCUT2D eigenvalue weighted by Gasteiger charge is -2.13. The summed E-state index contributed by atoms with van der Waals surface area (Å²) in [5.41, 5.74) is 0.646. The average molecular weight is 312 g/mol. The van der Waals surface area contributed by atoms with E-state index in [1.54, 1.807) is 25.1 Å². The molecule has 0 saturated carbocycles. The van der Waals surface area contributed by atoms with Gasteiger partial charge in [0.2, 0.25) is 15.9 Å². The Labute approximate surface area is 125 Å². The highest BCUT2D eigenvalue weighted by molar-refractivity contribution is 7.89. The highest BCUT2D eigenvalue weighted by Crippen LogP contribution is 2.09. The number of amides is 1. The number of carbonyl (C=O) groups excluding carboxylic acids is 1. The lowest BCUT2D eigenvalue weighted by molar-refractivity contribution is -0.131. The van der Waals surface area contributed by atoms with E-state index >= 15 is 0 Å². The molecule has 0 aliphatic rings. The fourth-order valence-corrected chi connectivity index (χ4v) is 2.15. The molecule has 0 aliphatic heterocycles. The molecule has 1 amide bonds. The highest BCUT2D eigenvalue weighted by Gasteiger charge is 2.13. The zero-order valence-electron chi connectivity index (χ0n) is 11.9. The maximum atomic E-state index is 11.8. The molecule has 116 valence electrons. The molecular formula is C14H20N2O4S. The van der Waals surface area contributed by atoms with Crippen LogP contribution in [0.4, 0.5) is 0 Å². The number of carbonyl (C=O) groups is 1. The molecule has 0 bridgehead atoms. The third-order valence-corrected chi connectivity index (χ3v) is 3.66. The molecule has 0 aliphatic carbocycles. The van der Waals surface area contributed by atoms with Gasteiger partial charge >= 0.3 is 0 Å². The molecule has 0 radical (unpaired) electrons. The molecule has 1 rings (SSSR count). The fraction of sp³-hybridized carbons (Fsp3) is 0.357. The van der Waals surface area contributed by atoms with Gasteiger partial charge in [-0.1, -0.05) is 18.2 Å². The molecule has 1 unspecified atom stereocenters. The van der Waals surface area contributed by atoms with Crippen LogP contribution in [0.2, 0.25) is 0 Å². The third kappa shape index (κ3) is 6.07.